The number of aliphatic hydroxyl groups is 1. The molecule has 0 unspecified atom stereocenters. The SMILES string of the molecule is CCCCOCCOCCOCCNC(C)(C)CCO. The molecule has 0 saturated carbocycles. The lowest BCUT2D eigenvalue weighted by Crippen LogP contribution is -2.41. The van der Waals surface area contributed by atoms with E-state index in [-0.39, 0.29) is 12.1 Å². The van der Waals surface area contributed by atoms with E-state index in [1.54, 1.807) is 0 Å². The highest BCUT2D eigenvalue weighted by Gasteiger charge is 2.14. The van der Waals surface area contributed by atoms with E-state index in [0.717, 1.165) is 32.4 Å². The molecule has 0 radical (unpaired) electrons. The average Bonchev–Trinajstić information content (AvgIpc) is 2.40. The van der Waals surface area contributed by atoms with Crippen LogP contribution in [0, 0.1) is 0 Å². The smallest absolute Gasteiger partial charge is 0.0701 e. The predicted molar refractivity (Wildman–Crippen MR) is 81.1 cm³/mol. The highest BCUT2D eigenvalue weighted by molar-refractivity contribution is 4.76. The number of rotatable bonds is 15. The maximum atomic E-state index is 8.90. The number of aliphatic hydroxyl groups excluding tert-OH is 1. The lowest BCUT2D eigenvalue weighted by molar-refractivity contribution is 0.0138. The predicted octanol–water partition coefficient (Wildman–Crippen LogP) is 1.59. The fourth-order valence-electron chi connectivity index (χ4n) is 1.62. The highest BCUT2D eigenvalue weighted by Crippen LogP contribution is 2.05. The van der Waals surface area contributed by atoms with Crippen LogP contribution in [0.1, 0.15) is 40.0 Å². The van der Waals surface area contributed by atoms with E-state index in [0.29, 0.717) is 33.0 Å². The van der Waals surface area contributed by atoms with Crippen LogP contribution >= 0.6 is 0 Å². The molecule has 0 spiro atoms. The van der Waals surface area contributed by atoms with Gasteiger partial charge in [0, 0.05) is 25.3 Å². The first-order chi connectivity index (χ1) is 9.62. The van der Waals surface area contributed by atoms with Crippen LogP contribution in [0.2, 0.25) is 0 Å². The fourth-order valence-corrected chi connectivity index (χ4v) is 1.62. The minimum atomic E-state index is -0.0373. The molecule has 0 bridgehead atoms. The van der Waals surface area contributed by atoms with Crippen molar-refractivity contribution in [3.05, 3.63) is 0 Å². The largest absolute Gasteiger partial charge is 0.396 e. The van der Waals surface area contributed by atoms with E-state index in [2.05, 4.69) is 26.1 Å². The molecular formula is C15H33NO4. The first kappa shape index (κ1) is 19.8. The Labute approximate surface area is 124 Å². The summed E-state index contributed by atoms with van der Waals surface area (Å²) < 4.78 is 16.2. The quantitative estimate of drug-likeness (QED) is 0.449. The molecule has 0 atom stereocenters. The molecule has 5 nitrogen and oxygen atoms in total. The Balaban J connectivity index is 3.13. The van der Waals surface area contributed by atoms with Crippen LogP contribution in [-0.4, -0.2) is 63.4 Å². The zero-order valence-electron chi connectivity index (χ0n) is 13.5. The molecule has 0 fully saturated rings. The van der Waals surface area contributed by atoms with Gasteiger partial charge in [0.1, 0.15) is 0 Å². The zero-order valence-corrected chi connectivity index (χ0v) is 13.5. The Morgan fingerprint density at radius 3 is 2.00 bits per heavy atom. The van der Waals surface area contributed by atoms with Gasteiger partial charge in [-0.15, -0.1) is 0 Å². The molecule has 122 valence electrons. The van der Waals surface area contributed by atoms with Gasteiger partial charge in [-0.2, -0.15) is 0 Å². The number of hydrogen-bond acceptors (Lipinski definition) is 5. The van der Waals surface area contributed by atoms with Crippen molar-refractivity contribution in [2.75, 3.05) is 52.8 Å². The van der Waals surface area contributed by atoms with Gasteiger partial charge in [0.25, 0.3) is 0 Å². The standard InChI is InChI=1S/C15H33NO4/c1-4-5-9-18-11-13-20-14-12-19-10-7-16-15(2,3)6-8-17/h16-17H,4-14H2,1-3H3. The molecule has 5 heteroatoms. The second-order valence-corrected chi connectivity index (χ2v) is 5.47. The normalized spacial score (nSPS) is 12.0. The summed E-state index contributed by atoms with van der Waals surface area (Å²) in [4.78, 5) is 0. The summed E-state index contributed by atoms with van der Waals surface area (Å²) >= 11 is 0. The average molecular weight is 291 g/mol. The van der Waals surface area contributed by atoms with Crippen molar-refractivity contribution in [1.29, 1.82) is 0 Å². The van der Waals surface area contributed by atoms with Crippen molar-refractivity contribution >= 4 is 0 Å². The van der Waals surface area contributed by atoms with Crippen LogP contribution in [0.3, 0.4) is 0 Å². The molecule has 0 rings (SSSR count). The Kier molecular flexibility index (Phi) is 13.6. The molecule has 2 N–H and O–H groups in total. The Bertz CT molecular complexity index is 200. The van der Waals surface area contributed by atoms with E-state index < -0.39 is 0 Å². The van der Waals surface area contributed by atoms with Gasteiger partial charge in [-0.05, 0) is 26.7 Å². The van der Waals surface area contributed by atoms with E-state index in [1.807, 2.05) is 0 Å². The van der Waals surface area contributed by atoms with Crippen molar-refractivity contribution < 1.29 is 19.3 Å². The minimum absolute atomic E-state index is 0.0373. The van der Waals surface area contributed by atoms with E-state index in [4.69, 9.17) is 19.3 Å². The monoisotopic (exact) mass is 291 g/mol. The summed E-state index contributed by atoms with van der Waals surface area (Å²) in [7, 11) is 0. The maximum Gasteiger partial charge on any atom is 0.0701 e. The molecule has 0 aromatic heterocycles. The van der Waals surface area contributed by atoms with E-state index >= 15 is 0 Å². The van der Waals surface area contributed by atoms with Crippen molar-refractivity contribution in [1.82, 2.24) is 5.32 Å². The number of ether oxygens (including phenoxy) is 3. The molecule has 0 aliphatic rings. The van der Waals surface area contributed by atoms with Crippen molar-refractivity contribution in [3.8, 4) is 0 Å². The fraction of sp³-hybridized carbons (Fsp3) is 1.00. The van der Waals surface area contributed by atoms with Crippen LogP contribution in [-0.2, 0) is 14.2 Å². The van der Waals surface area contributed by atoms with Gasteiger partial charge in [-0.1, -0.05) is 13.3 Å². The van der Waals surface area contributed by atoms with Crippen LogP contribution in [0.25, 0.3) is 0 Å². The summed E-state index contributed by atoms with van der Waals surface area (Å²) in [5, 5.41) is 12.2. The number of unbranched alkanes of at least 4 members (excludes halogenated alkanes) is 1. The molecule has 0 aliphatic heterocycles. The maximum absolute atomic E-state index is 8.90. The molecule has 0 aromatic rings. The Hall–Kier alpha value is -0.200. The first-order valence-electron chi connectivity index (χ1n) is 7.71. The summed E-state index contributed by atoms with van der Waals surface area (Å²) in [6, 6.07) is 0. The lowest BCUT2D eigenvalue weighted by Gasteiger charge is -2.25. The Morgan fingerprint density at radius 2 is 1.45 bits per heavy atom. The van der Waals surface area contributed by atoms with Gasteiger partial charge in [0.15, 0.2) is 0 Å². The van der Waals surface area contributed by atoms with Gasteiger partial charge in [-0.3, -0.25) is 0 Å². The summed E-state index contributed by atoms with van der Waals surface area (Å²) in [5.41, 5.74) is -0.0373. The third-order valence-electron chi connectivity index (χ3n) is 2.97. The van der Waals surface area contributed by atoms with Crippen LogP contribution in [0.15, 0.2) is 0 Å². The van der Waals surface area contributed by atoms with Crippen LogP contribution in [0.4, 0.5) is 0 Å². The summed E-state index contributed by atoms with van der Waals surface area (Å²) in [6.45, 7) is 11.3. The van der Waals surface area contributed by atoms with Crippen molar-refractivity contribution in [2.45, 2.75) is 45.6 Å². The van der Waals surface area contributed by atoms with Crippen LogP contribution in [0.5, 0.6) is 0 Å². The molecule has 20 heavy (non-hydrogen) atoms. The first-order valence-corrected chi connectivity index (χ1v) is 7.71. The summed E-state index contributed by atoms with van der Waals surface area (Å²) in [6.07, 6.45) is 3.02. The van der Waals surface area contributed by atoms with Gasteiger partial charge in [0.2, 0.25) is 0 Å². The zero-order chi connectivity index (χ0) is 15.1. The topological polar surface area (TPSA) is 60.0 Å². The van der Waals surface area contributed by atoms with Gasteiger partial charge in [0.05, 0.1) is 33.0 Å². The van der Waals surface area contributed by atoms with Crippen molar-refractivity contribution in [3.63, 3.8) is 0 Å². The molecular weight excluding hydrogens is 258 g/mol. The third-order valence-corrected chi connectivity index (χ3v) is 2.97. The van der Waals surface area contributed by atoms with Gasteiger partial charge >= 0.3 is 0 Å². The molecule has 0 saturated heterocycles. The molecule has 0 aromatic carbocycles. The van der Waals surface area contributed by atoms with Gasteiger partial charge in [-0.25, -0.2) is 0 Å². The van der Waals surface area contributed by atoms with Crippen LogP contribution < -0.4 is 5.32 Å². The minimum Gasteiger partial charge on any atom is -0.396 e. The molecule has 0 aliphatic carbocycles. The van der Waals surface area contributed by atoms with Gasteiger partial charge < -0.3 is 24.6 Å². The second kappa shape index (κ2) is 13.8. The lowest BCUT2D eigenvalue weighted by atomic mass is 10.0. The molecule has 0 heterocycles. The van der Waals surface area contributed by atoms with E-state index in [1.165, 1.54) is 0 Å². The Morgan fingerprint density at radius 1 is 0.900 bits per heavy atom. The number of hydrogen-bond donors (Lipinski definition) is 2. The second-order valence-electron chi connectivity index (χ2n) is 5.47. The molecule has 0 amide bonds. The highest BCUT2D eigenvalue weighted by atomic mass is 16.5. The van der Waals surface area contributed by atoms with Crippen molar-refractivity contribution in [2.24, 2.45) is 0 Å². The summed E-state index contributed by atoms with van der Waals surface area (Å²) in [5.74, 6) is 0. The van der Waals surface area contributed by atoms with E-state index in [9.17, 15) is 0 Å². The number of nitrogens with one attached hydrogen (secondary N) is 1. The third kappa shape index (κ3) is 14.2.